The molecule has 1 aliphatic heterocycles. The summed E-state index contributed by atoms with van der Waals surface area (Å²) in [7, 11) is 0. The Kier molecular flexibility index (Phi) is 4.48. The molecule has 1 saturated heterocycles. The summed E-state index contributed by atoms with van der Waals surface area (Å²) in [5, 5.41) is 1.13. The minimum atomic E-state index is -0.136. The van der Waals surface area contributed by atoms with Gasteiger partial charge in [-0.05, 0) is 24.6 Å². The monoisotopic (exact) mass is 285 g/mol. The minimum absolute atomic E-state index is 0.0397. The van der Waals surface area contributed by atoms with Crippen molar-refractivity contribution in [1.82, 2.24) is 9.88 Å². The van der Waals surface area contributed by atoms with Crippen molar-refractivity contribution in [2.75, 3.05) is 26.2 Å². The van der Waals surface area contributed by atoms with E-state index < -0.39 is 0 Å². The van der Waals surface area contributed by atoms with Crippen molar-refractivity contribution in [1.29, 1.82) is 0 Å². The van der Waals surface area contributed by atoms with Crippen molar-refractivity contribution in [2.24, 2.45) is 5.73 Å². The van der Waals surface area contributed by atoms with Gasteiger partial charge < -0.3 is 10.5 Å². The molecule has 1 aromatic carbocycles. The van der Waals surface area contributed by atoms with Crippen molar-refractivity contribution < 1.29 is 4.74 Å². The summed E-state index contributed by atoms with van der Waals surface area (Å²) in [5.74, 6) is 0. The van der Waals surface area contributed by atoms with Crippen molar-refractivity contribution in [3.05, 3.63) is 42.1 Å². The third-order valence-corrected chi connectivity index (χ3v) is 4.14. The van der Waals surface area contributed by atoms with Crippen LogP contribution in [0.4, 0.5) is 0 Å². The number of para-hydroxylation sites is 1. The summed E-state index contributed by atoms with van der Waals surface area (Å²) in [6.07, 6.45) is 3.03. The van der Waals surface area contributed by atoms with E-state index in [-0.39, 0.29) is 12.1 Å². The number of benzene rings is 1. The van der Waals surface area contributed by atoms with E-state index in [0.717, 1.165) is 49.1 Å². The molecule has 1 fully saturated rings. The van der Waals surface area contributed by atoms with Crippen LogP contribution in [0.5, 0.6) is 0 Å². The van der Waals surface area contributed by atoms with E-state index >= 15 is 0 Å². The van der Waals surface area contributed by atoms with Gasteiger partial charge in [-0.1, -0.05) is 31.2 Å². The Morgan fingerprint density at radius 3 is 3.10 bits per heavy atom. The lowest BCUT2D eigenvalue weighted by Crippen LogP contribution is -2.47. The van der Waals surface area contributed by atoms with Crippen LogP contribution in [-0.2, 0) is 4.74 Å². The Hall–Kier alpha value is -1.49. The number of nitrogens with zero attached hydrogens (tertiary/aromatic N) is 2. The summed E-state index contributed by atoms with van der Waals surface area (Å²) in [4.78, 5) is 6.94. The van der Waals surface area contributed by atoms with Crippen LogP contribution in [-0.4, -0.2) is 42.2 Å². The molecule has 2 aromatic rings. The maximum atomic E-state index is 6.50. The van der Waals surface area contributed by atoms with Crippen LogP contribution < -0.4 is 5.73 Å². The van der Waals surface area contributed by atoms with Crippen LogP contribution in [0, 0.1) is 0 Å². The lowest BCUT2D eigenvalue weighted by atomic mass is 9.98. The fraction of sp³-hybridized carbons (Fsp3) is 0.471. The van der Waals surface area contributed by atoms with Crippen LogP contribution in [0.2, 0.25) is 0 Å². The second kappa shape index (κ2) is 6.52. The Morgan fingerprint density at radius 1 is 1.38 bits per heavy atom. The third-order valence-electron chi connectivity index (χ3n) is 4.14. The molecule has 0 amide bonds. The molecule has 1 aromatic heterocycles. The van der Waals surface area contributed by atoms with E-state index in [1.807, 2.05) is 18.3 Å². The Balaban J connectivity index is 1.84. The van der Waals surface area contributed by atoms with E-state index in [9.17, 15) is 0 Å². The van der Waals surface area contributed by atoms with Gasteiger partial charge in [0.15, 0.2) is 0 Å². The maximum Gasteiger partial charge on any atom is 0.0895 e. The number of pyridine rings is 1. The van der Waals surface area contributed by atoms with Gasteiger partial charge in [-0.25, -0.2) is 0 Å². The molecule has 4 heteroatoms. The molecular formula is C17H23N3O. The second-order valence-corrected chi connectivity index (χ2v) is 5.66. The number of ether oxygens (including phenoxy) is 1. The van der Waals surface area contributed by atoms with Gasteiger partial charge in [0.25, 0.3) is 0 Å². The van der Waals surface area contributed by atoms with Crippen LogP contribution in [0.25, 0.3) is 10.9 Å². The van der Waals surface area contributed by atoms with Crippen LogP contribution in [0.15, 0.2) is 36.5 Å². The zero-order valence-corrected chi connectivity index (χ0v) is 12.5. The number of nitrogens with two attached hydrogens (primary N) is 1. The number of hydrogen-bond donors (Lipinski definition) is 1. The molecule has 2 atom stereocenters. The number of fused-ring (bicyclic) bond motifs is 1. The fourth-order valence-electron chi connectivity index (χ4n) is 3.07. The van der Waals surface area contributed by atoms with E-state index in [0.29, 0.717) is 0 Å². The molecule has 0 spiro atoms. The number of rotatable bonds is 4. The van der Waals surface area contributed by atoms with E-state index in [1.54, 1.807) is 0 Å². The Labute approximate surface area is 125 Å². The van der Waals surface area contributed by atoms with Crippen molar-refractivity contribution in [3.63, 3.8) is 0 Å². The summed E-state index contributed by atoms with van der Waals surface area (Å²) in [5.41, 5.74) is 8.57. The summed E-state index contributed by atoms with van der Waals surface area (Å²) in [6, 6.07) is 10.1. The Bertz CT molecular complexity index is 594. The fourth-order valence-corrected chi connectivity index (χ4v) is 3.07. The van der Waals surface area contributed by atoms with Gasteiger partial charge in [0.05, 0.1) is 24.3 Å². The normalized spacial score (nSPS) is 21.5. The predicted octanol–water partition coefficient (Wildman–Crippen LogP) is 2.35. The van der Waals surface area contributed by atoms with Crippen LogP contribution in [0.1, 0.15) is 24.9 Å². The van der Waals surface area contributed by atoms with Crippen molar-refractivity contribution in [2.45, 2.75) is 25.5 Å². The molecule has 112 valence electrons. The predicted molar refractivity (Wildman–Crippen MR) is 85.1 cm³/mol. The Morgan fingerprint density at radius 2 is 2.24 bits per heavy atom. The summed E-state index contributed by atoms with van der Waals surface area (Å²) < 4.78 is 5.93. The largest absolute Gasteiger partial charge is 0.374 e. The molecule has 21 heavy (non-hydrogen) atoms. The van der Waals surface area contributed by atoms with Gasteiger partial charge in [0.1, 0.15) is 0 Å². The van der Waals surface area contributed by atoms with Crippen molar-refractivity contribution >= 4 is 10.9 Å². The first-order chi connectivity index (χ1) is 10.3. The molecule has 0 radical (unpaired) electrons. The standard InChI is InChI=1S/C17H23N3O/c1-2-9-20-10-11-21-15(12-20)16(18)14-7-3-5-13-6-4-8-19-17(13)14/h3-8,15-16H,2,9-12,18H2,1H3. The number of morpholine rings is 1. The highest BCUT2D eigenvalue weighted by molar-refractivity contribution is 5.82. The van der Waals surface area contributed by atoms with Gasteiger partial charge in [-0.2, -0.15) is 0 Å². The first-order valence-electron chi connectivity index (χ1n) is 7.72. The lowest BCUT2D eigenvalue weighted by molar-refractivity contribution is -0.0406. The van der Waals surface area contributed by atoms with Gasteiger partial charge >= 0.3 is 0 Å². The molecule has 2 unspecified atom stereocenters. The highest BCUT2D eigenvalue weighted by atomic mass is 16.5. The van der Waals surface area contributed by atoms with Gasteiger partial charge in [0, 0.05) is 24.7 Å². The first kappa shape index (κ1) is 14.4. The van der Waals surface area contributed by atoms with Gasteiger partial charge in [-0.15, -0.1) is 0 Å². The average Bonchev–Trinajstić information content (AvgIpc) is 2.54. The minimum Gasteiger partial charge on any atom is -0.374 e. The molecule has 2 heterocycles. The average molecular weight is 285 g/mol. The maximum absolute atomic E-state index is 6.50. The summed E-state index contributed by atoms with van der Waals surface area (Å²) in [6.45, 7) is 5.99. The van der Waals surface area contributed by atoms with Crippen molar-refractivity contribution in [3.8, 4) is 0 Å². The molecule has 4 nitrogen and oxygen atoms in total. The van der Waals surface area contributed by atoms with Crippen LogP contribution >= 0.6 is 0 Å². The van der Waals surface area contributed by atoms with E-state index in [1.165, 1.54) is 0 Å². The third kappa shape index (κ3) is 3.07. The zero-order valence-electron chi connectivity index (χ0n) is 12.5. The van der Waals surface area contributed by atoms with Gasteiger partial charge in [0.2, 0.25) is 0 Å². The van der Waals surface area contributed by atoms with Gasteiger partial charge in [-0.3, -0.25) is 9.88 Å². The lowest BCUT2D eigenvalue weighted by Gasteiger charge is -2.35. The first-order valence-corrected chi connectivity index (χ1v) is 7.72. The van der Waals surface area contributed by atoms with E-state index in [4.69, 9.17) is 10.5 Å². The SMILES string of the molecule is CCCN1CCOC(C(N)c2cccc3cccnc23)C1. The smallest absolute Gasteiger partial charge is 0.0895 e. The summed E-state index contributed by atoms with van der Waals surface area (Å²) >= 11 is 0. The molecular weight excluding hydrogens is 262 g/mol. The number of hydrogen-bond acceptors (Lipinski definition) is 4. The second-order valence-electron chi connectivity index (χ2n) is 5.66. The van der Waals surface area contributed by atoms with Crippen LogP contribution in [0.3, 0.4) is 0 Å². The molecule has 0 saturated carbocycles. The molecule has 1 aliphatic rings. The molecule has 3 rings (SSSR count). The quantitative estimate of drug-likeness (QED) is 0.937. The zero-order chi connectivity index (χ0) is 14.7. The molecule has 0 bridgehead atoms. The highest BCUT2D eigenvalue weighted by Gasteiger charge is 2.27. The molecule has 0 aliphatic carbocycles. The topological polar surface area (TPSA) is 51.4 Å². The molecule has 2 N–H and O–H groups in total. The van der Waals surface area contributed by atoms with E-state index in [2.05, 4.69) is 35.0 Å². The number of aromatic nitrogens is 1. The highest BCUT2D eigenvalue weighted by Crippen LogP contribution is 2.26.